The lowest BCUT2D eigenvalue weighted by molar-refractivity contribution is -0.116. The van der Waals surface area contributed by atoms with Crippen LogP contribution in [-0.2, 0) is 17.8 Å². The van der Waals surface area contributed by atoms with E-state index < -0.39 is 0 Å². The number of aryl methyl sites for hydroxylation is 2. The first kappa shape index (κ1) is 19.6. The molecule has 0 unspecified atom stereocenters. The maximum Gasteiger partial charge on any atom is 0.264 e. The van der Waals surface area contributed by atoms with E-state index in [1.165, 1.54) is 10.8 Å². The monoisotopic (exact) mass is 401 g/mol. The molecule has 0 aliphatic heterocycles. The number of fused-ring (bicyclic) bond motifs is 1. The van der Waals surface area contributed by atoms with E-state index in [1.807, 2.05) is 61.5 Å². The fourth-order valence-electron chi connectivity index (χ4n) is 3.50. The average Bonchev–Trinajstić information content (AvgIpc) is 3.18. The Bertz CT molecular complexity index is 1260. The molecule has 1 N–H and O–H groups in total. The molecule has 30 heavy (non-hydrogen) atoms. The van der Waals surface area contributed by atoms with Crippen molar-refractivity contribution >= 4 is 22.6 Å². The third-order valence-corrected chi connectivity index (χ3v) is 5.11. The van der Waals surface area contributed by atoms with Crippen molar-refractivity contribution in [1.29, 1.82) is 0 Å². The van der Waals surface area contributed by atoms with Crippen LogP contribution in [0.3, 0.4) is 0 Å². The van der Waals surface area contributed by atoms with E-state index in [0.717, 1.165) is 23.4 Å². The number of benzene rings is 2. The number of carbonyl (C=O) groups is 1. The number of carbonyl (C=O) groups excluding carboxylic acids is 1. The second-order valence-electron chi connectivity index (χ2n) is 7.05. The minimum absolute atomic E-state index is 0.137. The summed E-state index contributed by atoms with van der Waals surface area (Å²) in [5.74, 6) is 0.411. The van der Waals surface area contributed by atoms with E-state index in [2.05, 4.69) is 15.4 Å². The molecule has 0 atom stereocenters. The van der Waals surface area contributed by atoms with E-state index in [-0.39, 0.29) is 24.4 Å². The van der Waals surface area contributed by atoms with Crippen LogP contribution < -0.4 is 10.9 Å². The van der Waals surface area contributed by atoms with Gasteiger partial charge in [0.2, 0.25) is 5.91 Å². The van der Waals surface area contributed by atoms with Crippen LogP contribution in [0.5, 0.6) is 0 Å². The van der Waals surface area contributed by atoms with Crippen molar-refractivity contribution in [2.24, 2.45) is 0 Å². The highest BCUT2D eigenvalue weighted by molar-refractivity contribution is 5.91. The maximum atomic E-state index is 13.0. The Morgan fingerprint density at radius 1 is 1.07 bits per heavy atom. The first-order valence-electron chi connectivity index (χ1n) is 9.97. The lowest BCUT2D eigenvalue weighted by Crippen LogP contribution is -2.26. The van der Waals surface area contributed by atoms with Gasteiger partial charge < -0.3 is 5.32 Å². The quantitative estimate of drug-likeness (QED) is 0.536. The van der Waals surface area contributed by atoms with Crippen molar-refractivity contribution in [3.05, 3.63) is 82.5 Å². The Hall–Kier alpha value is -3.74. The smallest absolute Gasteiger partial charge is 0.264 e. The lowest BCUT2D eigenvalue weighted by Gasteiger charge is -2.12. The first-order chi connectivity index (χ1) is 14.6. The number of anilines is 1. The average molecular weight is 401 g/mol. The molecule has 2 aromatic heterocycles. The molecule has 2 heterocycles. The van der Waals surface area contributed by atoms with Gasteiger partial charge in [0, 0.05) is 18.7 Å². The number of rotatable bonds is 6. The highest BCUT2D eigenvalue weighted by atomic mass is 16.2. The Balaban J connectivity index is 1.56. The zero-order valence-electron chi connectivity index (χ0n) is 17.0. The van der Waals surface area contributed by atoms with Gasteiger partial charge in [-0.25, -0.2) is 9.67 Å². The SMILES string of the molecule is CCc1ccccc1NC(=O)CCn1c(C)nc2c(cnn2-c2ccccc2)c1=O. The zero-order valence-corrected chi connectivity index (χ0v) is 17.0. The minimum atomic E-state index is -0.193. The molecule has 7 nitrogen and oxygen atoms in total. The standard InChI is InChI=1S/C23H23N5O2/c1-3-17-9-7-8-12-20(17)26-21(29)13-14-27-16(2)25-22-19(23(27)30)15-24-28(22)18-10-5-4-6-11-18/h4-12,15H,3,13-14H2,1-2H3,(H,26,29). The van der Waals surface area contributed by atoms with Crippen molar-refractivity contribution in [3.8, 4) is 5.69 Å². The van der Waals surface area contributed by atoms with Crippen LogP contribution >= 0.6 is 0 Å². The molecule has 0 aliphatic rings. The summed E-state index contributed by atoms with van der Waals surface area (Å²) in [6.07, 6.45) is 2.55. The molecule has 2 aromatic carbocycles. The predicted octanol–water partition coefficient (Wildman–Crippen LogP) is 3.48. The summed E-state index contributed by atoms with van der Waals surface area (Å²) >= 11 is 0. The Morgan fingerprint density at radius 2 is 1.80 bits per heavy atom. The fourth-order valence-corrected chi connectivity index (χ4v) is 3.50. The van der Waals surface area contributed by atoms with Crippen molar-refractivity contribution in [3.63, 3.8) is 0 Å². The van der Waals surface area contributed by atoms with Gasteiger partial charge in [0.05, 0.1) is 11.9 Å². The minimum Gasteiger partial charge on any atom is -0.326 e. The van der Waals surface area contributed by atoms with Crippen molar-refractivity contribution in [2.45, 2.75) is 33.2 Å². The molecule has 4 rings (SSSR count). The van der Waals surface area contributed by atoms with Gasteiger partial charge in [0.1, 0.15) is 11.2 Å². The number of nitrogens with zero attached hydrogens (tertiary/aromatic N) is 4. The van der Waals surface area contributed by atoms with Crippen LogP contribution in [-0.4, -0.2) is 25.2 Å². The number of para-hydroxylation sites is 2. The summed E-state index contributed by atoms with van der Waals surface area (Å²) in [7, 11) is 0. The van der Waals surface area contributed by atoms with E-state index in [0.29, 0.717) is 16.9 Å². The van der Waals surface area contributed by atoms with E-state index in [9.17, 15) is 9.59 Å². The summed E-state index contributed by atoms with van der Waals surface area (Å²) in [6, 6.07) is 17.3. The van der Waals surface area contributed by atoms with E-state index >= 15 is 0 Å². The van der Waals surface area contributed by atoms with Gasteiger partial charge in [-0.2, -0.15) is 5.10 Å². The molecular formula is C23H23N5O2. The predicted molar refractivity (Wildman–Crippen MR) is 117 cm³/mol. The van der Waals surface area contributed by atoms with Gasteiger partial charge in [-0.1, -0.05) is 43.3 Å². The molecule has 7 heteroatoms. The summed E-state index contributed by atoms with van der Waals surface area (Å²) < 4.78 is 3.19. The van der Waals surface area contributed by atoms with Gasteiger partial charge in [0.25, 0.3) is 5.56 Å². The summed E-state index contributed by atoms with van der Waals surface area (Å²) in [6.45, 7) is 4.07. The van der Waals surface area contributed by atoms with Gasteiger partial charge in [-0.15, -0.1) is 0 Å². The number of aromatic nitrogens is 4. The van der Waals surface area contributed by atoms with Crippen LogP contribution in [0.2, 0.25) is 0 Å². The number of hydrogen-bond donors (Lipinski definition) is 1. The maximum absolute atomic E-state index is 13.0. The molecule has 0 saturated heterocycles. The molecular weight excluding hydrogens is 378 g/mol. The van der Waals surface area contributed by atoms with Crippen LogP contribution in [0.25, 0.3) is 16.7 Å². The van der Waals surface area contributed by atoms with Crippen LogP contribution in [0, 0.1) is 6.92 Å². The van der Waals surface area contributed by atoms with Gasteiger partial charge in [-0.05, 0) is 37.1 Å². The first-order valence-corrected chi connectivity index (χ1v) is 9.97. The summed E-state index contributed by atoms with van der Waals surface area (Å²) in [4.78, 5) is 30.1. The second kappa shape index (κ2) is 8.32. The number of amides is 1. The van der Waals surface area contributed by atoms with Gasteiger partial charge in [0.15, 0.2) is 5.65 Å². The van der Waals surface area contributed by atoms with Crippen molar-refractivity contribution < 1.29 is 4.79 Å². The van der Waals surface area contributed by atoms with Gasteiger partial charge >= 0.3 is 0 Å². The van der Waals surface area contributed by atoms with Crippen molar-refractivity contribution in [2.75, 3.05) is 5.32 Å². The largest absolute Gasteiger partial charge is 0.326 e. The molecule has 4 aromatic rings. The van der Waals surface area contributed by atoms with Crippen LogP contribution in [0.15, 0.2) is 65.6 Å². The highest BCUT2D eigenvalue weighted by Gasteiger charge is 2.15. The van der Waals surface area contributed by atoms with Crippen LogP contribution in [0.1, 0.15) is 24.7 Å². The van der Waals surface area contributed by atoms with Crippen molar-refractivity contribution in [1.82, 2.24) is 19.3 Å². The second-order valence-corrected chi connectivity index (χ2v) is 7.05. The molecule has 0 radical (unpaired) electrons. The molecule has 1 amide bonds. The normalized spacial score (nSPS) is 11.0. The molecule has 152 valence electrons. The summed E-state index contributed by atoms with van der Waals surface area (Å²) in [5, 5.41) is 7.71. The summed E-state index contributed by atoms with van der Waals surface area (Å²) in [5.41, 5.74) is 3.05. The highest BCUT2D eigenvalue weighted by Crippen LogP contribution is 2.16. The Labute approximate surface area is 174 Å². The topological polar surface area (TPSA) is 81.8 Å². The zero-order chi connectivity index (χ0) is 21.1. The number of hydrogen-bond acceptors (Lipinski definition) is 4. The van der Waals surface area contributed by atoms with E-state index in [4.69, 9.17) is 0 Å². The molecule has 0 fully saturated rings. The number of nitrogens with one attached hydrogen (secondary N) is 1. The fraction of sp³-hybridized carbons (Fsp3) is 0.217. The molecule has 0 bridgehead atoms. The van der Waals surface area contributed by atoms with Gasteiger partial charge in [-0.3, -0.25) is 14.2 Å². The molecule has 0 aliphatic carbocycles. The lowest BCUT2D eigenvalue weighted by atomic mass is 10.1. The third kappa shape index (κ3) is 3.74. The Morgan fingerprint density at radius 3 is 2.57 bits per heavy atom. The van der Waals surface area contributed by atoms with E-state index in [1.54, 1.807) is 11.6 Å². The Kier molecular flexibility index (Phi) is 5.43. The molecule has 0 saturated carbocycles. The molecule has 0 spiro atoms. The van der Waals surface area contributed by atoms with Crippen LogP contribution in [0.4, 0.5) is 5.69 Å². The third-order valence-electron chi connectivity index (χ3n) is 5.11.